The zero-order valence-corrected chi connectivity index (χ0v) is 11.2. The second-order valence-corrected chi connectivity index (χ2v) is 4.47. The summed E-state index contributed by atoms with van der Waals surface area (Å²) in [4.78, 5) is 15.4. The molecule has 1 rings (SSSR count). The Balaban J connectivity index is 2.41. The minimum atomic E-state index is -0.410. The number of esters is 1. The Hall–Kier alpha value is -0.800. The van der Waals surface area contributed by atoms with Crippen LogP contribution in [0.5, 0.6) is 0 Å². The van der Waals surface area contributed by atoms with Crippen molar-refractivity contribution in [1.82, 2.24) is 4.98 Å². The number of rotatable bonds is 6. The van der Waals surface area contributed by atoms with Crippen LogP contribution in [0.2, 0.25) is 10.3 Å². The summed E-state index contributed by atoms with van der Waals surface area (Å²) in [5.41, 5.74) is 0.338. The summed E-state index contributed by atoms with van der Waals surface area (Å²) in [7, 11) is 0. The van der Waals surface area contributed by atoms with Crippen LogP contribution in [-0.4, -0.2) is 17.6 Å². The van der Waals surface area contributed by atoms with E-state index in [9.17, 15) is 4.79 Å². The molecular weight excluding hydrogens is 261 g/mol. The summed E-state index contributed by atoms with van der Waals surface area (Å²) in [5, 5.41) is 0.380. The largest absolute Gasteiger partial charge is 0.462 e. The first-order valence-electron chi connectivity index (χ1n) is 5.63. The van der Waals surface area contributed by atoms with Gasteiger partial charge in [-0.2, -0.15) is 0 Å². The smallest absolute Gasteiger partial charge is 0.338 e. The van der Waals surface area contributed by atoms with Gasteiger partial charge in [0.2, 0.25) is 0 Å². The molecule has 0 saturated carbocycles. The molecule has 0 unspecified atom stereocenters. The average Bonchev–Trinajstić information content (AvgIpc) is 2.27. The van der Waals surface area contributed by atoms with E-state index < -0.39 is 5.97 Å². The molecule has 0 N–H and O–H groups in total. The van der Waals surface area contributed by atoms with Crippen LogP contribution in [0.3, 0.4) is 0 Å². The highest BCUT2D eigenvalue weighted by atomic mass is 35.5. The quantitative estimate of drug-likeness (QED) is 0.445. The summed E-state index contributed by atoms with van der Waals surface area (Å²) in [6, 6.07) is 2.89. The van der Waals surface area contributed by atoms with Gasteiger partial charge in [0.1, 0.15) is 10.3 Å². The fourth-order valence-corrected chi connectivity index (χ4v) is 1.82. The summed E-state index contributed by atoms with van der Waals surface area (Å²) < 4.78 is 5.10. The first kappa shape index (κ1) is 14.3. The van der Waals surface area contributed by atoms with E-state index in [-0.39, 0.29) is 10.3 Å². The number of ether oxygens (including phenoxy) is 1. The molecule has 0 aliphatic heterocycles. The molecular formula is C12H15Cl2NO2. The Morgan fingerprint density at radius 3 is 2.47 bits per heavy atom. The molecule has 0 aromatic carbocycles. The molecule has 3 nitrogen and oxygen atoms in total. The maximum Gasteiger partial charge on any atom is 0.338 e. The summed E-state index contributed by atoms with van der Waals surface area (Å²) in [6.07, 6.45) is 4.27. The third kappa shape index (κ3) is 5.37. The first-order chi connectivity index (χ1) is 8.13. The highest BCUT2D eigenvalue weighted by Gasteiger charge is 2.09. The van der Waals surface area contributed by atoms with Gasteiger partial charge >= 0.3 is 5.97 Å². The van der Waals surface area contributed by atoms with Crippen molar-refractivity contribution in [3.63, 3.8) is 0 Å². The third-order valence-electron chi connectivity index (χ3n) is 2.23. The van der Waals surface area contributed by atoms with E-state index in [4.69, 9.17) is 27.9 Å². The van der Waals surface area contributed by atoms with Crippen LogP contribution in [0.1, 0.15) is 43.0 Å². The zero-order chi connectivity index (χ0) is 12.7. The molecule has 0 aliphatic rings. The molecule has 0 amide bonds. The van der Waals surface area contributed by atoms with E-state index in [1.54, 1.807) is 0 Å². The monoisotopic (exact) mass is 275 g/mol. The maximum absolute atomic E-state index is 11.6. The number of aromatic nitrogens is 1. The lowest BCUT2D eigenvalue weighted by atomic mass is 10.2. The first-order valence-corrected chi connectivity index (χ1v) is 6.39. The number of carbonyl (C=O) groups excluding carboxylic acids is 1. The molecule has 0 fully saturated rings. The van der Waals surface area contributed by atoms with Crippen molar-refractivity contribution in [3.05, 3.63) is 28.0 Å². The predicted octanol–water partition coefficient (Wildman–Crippen LogP) is 4.13. The normalized spacial score (nSPS) is 10.3. The molecule has 0 aliphatic carbocycles. The number of hydrogen-bond acceptors (Lipinski definition) is 3. The summed E-state index contributed by atoms with van der Waals surface area (Å²) >= 11 is 11.4. The van der Waals surface area contributed by atoms with Crippen molar-refractivity contribution in [1.29, 1.82) is 0 Å². The van der Waals surface area contributed by atoms with Gasteiger partial charge in [-0.25, -0.2) is 9.78 Å². The van der Waals surface area contributed by atoms with Crippen molar-refractivity contribution in [2.24, 2.45) is 0 Å². The molecule has 1 heterocycles. The Kier molecular flexibility index (Phi) is 6.30. The van der Waals surface area contributed by atoms with Gasteiger partial charge < -0.3 is 4.74 Å². The van der Waals surface area contributed by atoms with Gasteiger partial charge in [0.15, 0.2) is 0 Å². The van der Waals surface area contributed by atoms with Crippen molar-refractivity contribution >= 4 is 29.2 Å². The van der Waals surface area contributed by atoms with Crippen LogP contribution in [-0.2, 0) is 4.74 Å². The van der Waals surface area contributed by atoms with Crippen molar-refractivity contribution in [2.45, 2.75) is 32.6 Å². The number of halogens is 2. The Morgan fingerprint density at radius 2 is 1.88 bits per heavy atom. The number of carbonyl (C=O) groups is 1. The van der Waals surface area contributed by atoms with Crippen LogP contribution in [0.15, 0.2) is 12.1 Å². The predicted molar refractivity (Wildman–Crippen MR) is 68.7 cm³/mol. The molecule has 0 saturated heterocycles. The molecule has 5 heteroatoms. The second-order valence-electron chi connectivity index (χ2n) is 3.70. The molecule has 17 heavy (non-hydrogen) atoms. The van der Waals surface area contributed by atoms with E-state index in [1.165, 1.54) is 12.1 Å². The van der Waals surface area contributed by atoms with Gasteiger partial charge in [0.05, 0.1) is 12.2 Å². The number of hydrogen-bond donors (Lipinski definition) is 0. The van der Waals surface area contributed by atoms with Crippen LogP contribution in [0.25, 0.3) is 0 Å². The van der Waals surface area contributed by atoms with E-state index >= 15 is 0 Å². The molecule has 0 atom stereocenters. The molecule has 1 aromatic heterocycles. The van der Waals surface area contributed by atoms with Gasteiger partial charge in [-0.05, 0) is 18.6 Å². The minimum absolute atomic E-state index is 0.190. The molecule has 0 spiro atoms. The van der Waals surface area contributed by atoms with Gasteiger partial charge in [-0.3, -0.25) is 0 Å². The lowest BCUT2D eigenvalue weighted by Gasteiger charge is -2.05. The SMILES string of the molecule is CCCCCCOC(=O)c1cc(Cl)nc(Cl)c1. The third-order valence-corrected chi connectivity index (χ3v) is 2.62. The van der Waals surface area contributed by atoms with E-state index in [2.05, 4.69) is 11.9 Å². The van der Waals surface area contributed by atoms with Gasteiger partial charge in [0, 0.05) is 0 Å². The van der Waals surface area contributed by atoms with E-state index in [0.29, 0.717) is 12.2 Å². The van der Waals surface area contributed by atoms with Gasteiger partial charge in [-0.1, -0.05) is 49.4 Å². The summed E-state index contributed by atoms with van der Waals surface area (Å²) in [6.45, 7) is 2.56. The lowest BCUT2D eigenvalue weighted by Crippen LogP contribution is -2.06. The Bertz CT molecular complexity index is 363. The van der Waals surface area contributed by atoms with Gasteiger partial charge in [0.25, 0.3) is 0 Å². The molecule has 0 bridgehead atoms. The Labute approximate surface area is 111 Å². The van der Waals surface area contributed by atoms with E-state index in [1.807, 2.05) is 0 Å². The fraction of sp³-hybridized carbons (Fsp3) is 0.500. The van der Waals surface area contributed by atoms with Crippen molar-refractivity contribution in [2.75, 3.05) is 6.61 Å². The lowest BCUT2D eigenvalue weighted by molar-refractivity contribution is 0.0497. The number of nitrogens with zero attached hydrogens (tertiary/aromatic N) is 1. The Morgan fingerprint density at radius 1 is 1.24 bits per heavy atom. The van der Waals surface area contributed by atoms with Gasteiger partial charge in [-0.15, -0.1) is 0 Å². The number of unbranched alkanes of at least 4 members (excludes halogenated alkanes) is 3. The standard InChI is InChI=1S/C12H15Cl2NO2/c1-2-3-4-5-6-17-12(16)9-7-10(13)15-11(14)8-9/h7-8H,2-6H2,1H3. The van der Waals surface area contributed by atoms with Crippen LogP contribution >= 0.6 is 23.2 Å². The average molecular weight is 276 g/mol. The highest BCUT2D eigenvalue weighted by molar-refractivity contribution is 6.32. The van der Waals surface area contributed by atoms with Crippen molar-refractivity contribution < 1.29 is 9.53 Å². The second kappa shape index (κ2) is 7.51. The topological polar surface area (TPSA) is 39.2 Å². The highest BCUT2D eigenvalue weighted by Crippen LogP contribution is 2.15. The maximum atomic E-state index is 11.6. The number of pyridine rings is 1. The van der Waals surface area contributed by atoms with Crippen molar-refractivity contribution in [3.8, 4) is 0 Å². The van der Waals surface area contributed by atoms with Crippen LogP contribution in [0.4, 0.5) is 0 Å². The molecule has 94 valence electrons. The molecule has 0 radical (unpaired) electrons. The van der Waals surface area contributed by atoms with E-state index in [0.717, 1.165) is 25.7 Å². The zero-order valence-electron chi connectivity index (χ0n) is 9.71. The van der Waals surface area contributed by atoms with Crippen LogP contribution in [0, 0.1) is 0 Å². The molecule has 1 aromatic rings. The summed E-state index contributed by atoms with van der Waals surface area (Å²) in [5.74, 6) is -0.410. The fourth-order valence-electron chi connectivity index (χ4n) is 1.36. The van der Waals surface area contributed by atoms with Crippen LogP contribution < -0.4 is 0 Å². The minimum Gasteiger partial charge on any atom is -0.462 e.